The molecule has 2 saturated heterocycles. The smallest absolute Gasteiger partial charge is 0.162 e. The third kappa shape index (κ3) is 7.27. The molecule has 1 N–H and O–H groups in total. The minimum absolute atomic E-state index is 0.0914. The minimum atomic E-state index is -0.0914. The molecule has 3 aliphatic heterocycles. The van der Waals surface area contributed by atoms with Crippen molar-refractivity contribution in [3.8, 4) is 16.5 Å². The van der Waals surface area contributed by atoms with Gasteiger partial charge in [-0.2, -0.15) is 0 Å². The summed E-state index contributed by atoms with van der Waals surface area (Å²) in [5, 5.41) is 20.3. The monoisotopic (exact) mass is 802 g/mol. The van der Waals surface area contributed by atoms with Crippen molar-refractivity contribution in [3.63, 3.8) is 0 Å². The number of likely N-dealkylation sites (tertiary alicyclic amines) is 1. The van der Waals surface area contributed by atoms with Crippen molar-refractivity contribution in [1.82, 2.24) is 19.7 Å². The van der Waals surface area contributed by atoms with E-state index in [0.29, 0.717) is 17.6 Å². The fourth-order valence-corrected chi connectivity index (χ4v) is 11.5. The lowest BCUT2D eigenvalue weighted by Crippen LogP contribution is -2.51. The number of thiophene rings is 1. The molecule has 0 unspecified atom stereocenters. The number of hydrogen-bond acceptors (Lipinski definition) is 8. The molecule has 302 valence electrons. The van der Waals surface area contributed by atoms with Gasteiger partial charge in [0.05, 0.1) is 12.3 Å². The molecule has 10 rings (SSSR count). The van der Waals surface area contributed by atoms with E-state index in [-0.39, 0.29) is 12.0 Å². The summed E-state index contributed by atoms with van der Waals surface area (Å²) in [5.74, 6) is 5.09. The van der Waals surface area contributed by atoms with Crippen LogP contribution in [0.5, 0.6) is 11.5 Å². The van der Waals surface area contributed by atoms with Gasteiger partial charge in [0.15, 0.2) is 5.82 Å². The molecule has 6 aromatic rings. The lowest BCUT2D eigenvalue weighted by atomic mass is 9.69. The van der Waals surface area contributed by atoms with Gasteiger partial charge in [0, 0.05) is 66.3 Å². The Bertz CT molecular complexity index is 2480. The maximum atomic E-state index is 10.2. The predicted octanol–water partition coefficient (Wildman–Crippen LogP) is 9.96. The van der Waals surface area contributed by atoms with Gasteiger partial charge in [0.25, 0.3) is 0 Å². The average Bonchev–Trinajstić information content (AvgIpc) is 3.74. The summed E-state index contributed by atoms with van der Waals surface area (Å²) in [4.78, 5) is 11.7. The number of fused-ring (bicyclic) bond motifs is 4. The highest BCUT2D eigenvalue weighted by Gasteiger charge is 2.34. The topological polar surface area (TPSA) is 79.0 Å². The Morgan fingerprint density at radius 1 is 0.814 bits per heavy atom. The first kappa shape index (κ1) is 38.0. The van der Waals surface area contributed by atoms with Gasteiger partial charge in [-0.05, 0) is 142 Å². The van der Waals surface area contributed by atoms with Crippen molar-refractivity contribution < 1.29 is 9.84 Å². The van der Waals surface area contributed by atoms with Gasteiger partial charge < -0.3 is 19.6 Å². The van der Waals surface area contributed by atoms with Gasteiger partial charge in [-0.15, -0.1) is 21.5 Å². The van der Waals surface area contributed by atoms with Gasteiger partial charge in [-0.1, -0.05) is 48.5 Å². The van der Waals surface area contributed by atoms with E-state index < -0.39 is 0 Å². The van der Waals surface area contributed by atoms with Crippen molar-refractivity contribution in [2.75, 3.05) is 44.2 Å². The van der Waals surface area contributed by atoms with E-state index in [1.54, 1.807) is 11.3 Å². The zero-order chi connectivity index (χ0) is 40.2. The van der Waals surface area contributed by atoms with Crippen molar-refractivity contribution in [2.45, 2.75) is 71.3 Å². The highest BCUT2D eigenvalue weighted by atomic mass is 32.1. The molecule has 0 amide bonds. The van der Waals surface area contributed by atoms with Crippen LogP contribution in [0.4, 0.5) is 5.69 Å². The summed E-state index contributed by atoms with van der Waals surface area (Å²) in [6, 6.07) is 34.8. The van der Waals surface area contributed by atoms with Crippen molar-refractivity contribution in [3.05, 3.63) is 153 Å². The van der Waals surface area contributed by atoms with Gasteiger partial charge >= 0.3 is 0 Å². The zero-order valence-electron chi connectivity index (χ0n) is 34.6. The second-order valence-corrected chi connectivity index (χ2v) is 18.6. The van der Waals surface area contributed by atoms with E-state index >= 15 is 0 Å². The van der Waals surface area contributed by atoms with Crippen LogP contribution in [0.25, 0.3) is 5.00 Å². The molecule has 8 nitrogen and oxygen atoms in total. The van der Waals surface area contributed by atoms with Gasteiger partial charge in [0.2, 0.25) is 0 Å². The molecule has 2 aromatic heterocycles. The Labute approximate surface area is 352 Å². The summed E-state index contributed by atoms with van der Waals surface area (Å²) in [6.45, 7) is 14.9. The Balaban J connectivity index is 0.711. The number of aromatic nitrogens is 3. The molecule has 5 heterocycles. The molecule has 59 heavy (non-hydrogen) atoms. The number of piperidine rings is 1. The first-order valence-electron chi connectivity index (χ1n) is 21.5. The number of nitrogens with zero attached hydrogens (tertiary/aromatic N) is 6. The summed E-state index contributed by atoms with van der Waals surface area (Å²) in [6.07, 6.45) is 4.54. The highest BCUT2D eigenvalue weighted by molar-refractivity contribution is 7.15. The lowest BCUT2D eigenvalue weighted by Gasteiger charge is -2.43. The standard InChI is InChI=1S/C50H54N6O2S/c1-31-33(3)59-50-46(31)48(51-32(2)49-53-52-34(4)56(49)50)39-12-18-43(19-13-39)58-30-36-28-54(29-36)27-35-22-24-55(25-23-35)41-15-10-38(11-16-41)47-44(37-8-6-5-7-9-37)20-14-40-26-42(57)17-21-45(40)47/h5-13,15-19,21,26,32,35-36,44,47,57H,14,20,22-25,27-30H2,1-4H3/t32-,44-,47+/m0/s1. The first-order valence-corrected chi connectivity index (χ1v) is 22.4. The maximum absolute atomic E-state index is 10.2. The van der Waals surface area contributed by atoms with Gasteiger partial charge in [-0.3, -0.25) is 9.56 Å². The third-order valence-corrected chi connectivity index (χ3v) is 14.8. The van der Waals surface area contributed by atoms with Crippen molar-refractivity contribution in [1.29, 1.82) is 0 Å². The van der Waals surface area contributed by atoms with Crippen molar-refractivity contribution >= 4 is 22.7 Å². The largest absolute Gasteiger partial charge is 0.508 e. The number of aromatic hydroxyl groups is 1. The number of hydrogen-bond donors (Lipinski definition) is 1. The van der Waals surface area contributed by atoms with Crippen LogP contribution in [0, 0.1) is 32.6 Å². The molecule has 0 bridgehead atoms. The third-order valence-electron chi connectivity index (χ3n) is 13.6. The van der Waals surface area contributed by atoms with Crippen LogP contribution in [0.2, 0.25) is 0 Å². The van der Waals surface area contributed by atoms with E-state index in [4.69, 9.17) is 9.73 Å². The Morgan fingerprint density at radius 2 is 1.58 bits per heavy atom. The molecule has 4 aromatic carbocycles. The fraction of sp³-hybridized carbons (Fsp3) is 0.380. The molecule has 3 atom stereocenters. The number of aryl methyl sites for hydroxylation is 3. The minimum Gasteiger partial charge on any atom is -0.508 e. The fourth-order valence-electron chi connectivity index (χ4n) is 10.2. The van der Waals surface area contributed by atoms with E-state index in [9.17, 15) is 5.11 Å². The number of phenols is 1. The summed E-state index contributed by atoms with van der Waals surface area (Å²) >= 11 is 1.79. The number of aliphatic imine (C=N–C) groups is 1. The Hall–Kier alpha value is -5.25. The van der Waals surface area contributed by atoms with E-state index in [0.717, 1.165) is 85.2 Å². The predicted molar refractivity (Wildman–Crippen MR) is 238 cm³/mol. The average molecular weight is 803 g/mol. The molecule has 9 heteroatoms. The molecule has 1 aliphatic carbocycles. The molecule has 0 spiro atoms. The normalized spacial score (nSPS) is 20.9. The number of benzene rings is 4. The second kappa shape index (κ2) is 15.7. The number of ether oxygens (including phenoxy) is 1. The van der Waals surface area contributed by atoms with Gasteiger partial charge in [0.1, 0.15) is 28.4 Å². The maximum Gasteiger partial charge on any atom is 0.162 e. The highest BCUT2D eigenvalue weighted by Crippen LogP contribution is 2.47. The summed E-state index contributed by atoms with van der Waals surface area (Å²) in [7, 11) is 0. The Morgan fingerprint density at radius 3 is 2.34 bits per heavy atom. The van der Waals surface area contributed by atoms with Crippen LogP contribution in [0.3, 0.4) is 0 Å². The van der Waals surface area contributed by atoms with Crippen LogP contribution < -0.4 is 9.64 Å². The van der Waals surface area contributed by atoms with E-state index in [1.165, 1.54) is 63.3 Å². The lowest BCUT2D eigenvalue weighted by molar-refractivity contribution is 0.0454. The van der Waals surface area contributed by atoms with Crippen LogP contribution >= 0.6 is 11.3 Å². The molecular weight excluding hydrogens is 749 g/mol. The quantitative estimate of drug-likeness (QED) is 0.157. The molecule has 2 fully saturated rings. The number of anilines is 1. The van der Waals surface area contributed by atoms with Crippen molar-refractivity contribution in [2.24, 2.45) is 16.8 Å². The van der Waals surface area contributed by atoms with E-state index in [2.05, 4.69) is 130 Å². The summed E-state index contributed by atoms with van der Waals surface area (Å²) < 4.78 is 8.53. The van der Waals surface area contributed by atoms with Crippen LogP contribution in [-0.2, 0) is 6.42 Å². The Kier molecular flexibility index (Phi) is 10.1. The molecule has 0 saturated carbocycles. The second-order valence-electron chi connectivity index (χ2n) is 17.4. The van der Waals surface area contributed by atoms with Gasteiger partial charge in [-0.25, -0.2) is 0 Å². The zero-order valence-corrected chi connectivity index (χ0v) is 35.5. The van der Waals surface area contributed by atoms with E-state index in [1.807, 2.05) is 19.1 Å². The molecular formula is C50H54N6O2S. The number of phenolic OH excluding ortho intramolecular Hbond substituents is 1. The van der Waals surface area contributed by atoms with Crippen LogP contribution in [0.1, 0.15) is 99.5 Å². The molecule has 0 radical (unpaired) electrons. The number of rotatable bonds is 9. The van der Waals surface area contributed by atoms with Crippen LogP contribution in [0.15, 0.2) is 102 Å². The SMILES string of the molecule is Cc1sc2c(c1C)C(c1ccc(OCC3CN(CC4CCN(c5ccc([C@H]6c7ccc(O)cc7CC[C@H]6c6ccccc6)cc5)CC4)C3)cc1)=N[C@@H](C)c1nnc(C)n1-2. The first-order chi connectivity index (χ1) is 28.8. The molecule has 4 aliphatic rings. The van der Waals surface area contributed by atoms with Crippen LogP contribution in [-0.4, -0.2) is 69.8 Å². The summed E-state index contributed by atoms with van der Waals surface area (Å²) in [5.41, 5.74) is 11.3.